The third-order valence-electron chi connectivity index (χ3n) is 3.16. The van der Waals surface area contributed by atoms with Crippen molar-refractivity contribution in [3.05, 3.63) is 72.4 Å². The highest BCUT2D eigenvalue weighted by Crippen LogP contribution is 2.20. The van der Waals surface area contributed by atoms with Gasteiger partial charge in [-0.25, -0.2) is 4.79 Å². The van der Waals surface area contributed by atoms with Crippen LogP contribution in [0.25, 0.3) is 11.3 Å². The van der Waals surface area contributed by atoms with Gasteiger partial charge in [-0.1, -0.05) is 30.3 Å². The van der Waals surface area contributed by atoms with E-state index in [1.54, 1.807) is 30.3 Å². The first-order chi connectivity index (χ1) is 11.2. The number of anilines is 1. The molecule has 23 heavy (non-hydrogen) atoms. The minimum atomic E-state index is -0.539. The van der Waals surface area contributed by atoms with Crippen LogP contribution >= 0.6 is 0 Å². The van der Waals surface area contributed by atoms with Crippen LogP contribution in [0.4, 0.5) is 10.5 Å². The van der Waals surface area contributed by atoms with E-state index >= 15 is 0 Å². The number of hydrogen-bond donors (Lipinski definition) is 1. The van der Waals surface area contributed by atoms with E-state index in [0.717, 1.165) is 17.0 Å². The topological polar surface area (TPSA) is 64.1 Å². The van der Waals surface area contributed by atoms with Gasteiger partial charge in [-0.05, 0) is 43.3 Å². The second kappa shape index (κ2) is 6.70. The van der Waals surface area contributed by atoms with E-state index in [2.05, 4.69) is 15.5 Å². The molecule has 0 fully saturated rings. The average Bonchev–Trinajstić information content (AvgIpc) is 2.56. The molecule has 1 heterocycles. The predicted molar refractivity (Wildman–Crippen MR) is 88.3 cm³/mol. The Morgan fingerprint density at radius 3 is 2.52 bits per heavy atom. The van der Waals surface area contributed by atoms with Crippen LogP contribution in [0.1, 0.15) is 5.69 Å². The first-order valence-corrected chi connectivity index (χ1v) is 7.15. The molecule has 0 atom stereocenters. The van der Waals surface area contributed by atoms with Gasteiger partial charge in [0.2, 0.25) is 0 Å². The molecule has 0 bridgehead atoms. The van der Waals surface area contributed by atoms with Crippen molar-refractivity contribution >= 4 is 11.8 Å². The number of carbonyl (C=O) groups excluding carboxylic acids is 1. The number of hydrogen-bond acceptors (Lipinski definition) is 4. The van der Waals surface area contributed by atoms with Gasteiger partial charge < -0.3 is 4.74 Å². The maximum absolute atomic E-state index is 11.9. The maximum Gasteiger partial charge on any atom is 0.417 e. The van der Waals surface area contributed by atoms with E-state index in [-0.39, 0.29) is 0 Å². The highest BCUT2D eigenvalue weighted by atomic mass is 16.6. The third kappa shape index (κ3) is 3.91. The summed E-state index contributed by atoms with van der Waals surface area (Å²) in [5, 5.41) is 10.9. The molecule has 0 spiro atoms. The largest absolute Gasteiger partial charge is 0.417 e. The first kappa shape index (κ1) is 14.7. The maximum atomic E-state index is 11.9. The Morgan fingerprint density at radius 2 is 1.78 bits per heavy atom. The van der Waals surface area contributed by atoms with Crippen LogP contribution in [0.2, 0.25) is 0 Å². The normalized spacial score (nSPS) is 10.1. The van der Waals surface area contributed by atoms with E-state index in [9.17, 15) is 4.79 Å². The number of rotatable bonds is 3. The van der Waals surface area contributed by atoms with Gasteiger partial charge in [0, 0.05) is 11.3 Å². The number of para-hydroxylation sites is 1. The lowest BCUT2D eigenvalue weighted by Crippen LogP contribution is -2.16. The SMILES string of the molecule is Cc1ccc(-c2cccc(NC(=O)Oc3ccccc3)c2)nn1. The third-order valence-corrected chi connectivity index (χ3v) is 3.16. The number of amides is 1. The number of carbonyl (C=O) groups is 1. The molecule has 5 heteroatoms. The summed E-state index contributed by atoms with van der Waals surface area (Å²) in [4.78, 5) is 11.9. The van der Waals surface area contributed by atoms with E-state index in [1.807, 2.05) is 43.3 Å². The van der Waals surface area contributed by atoms with E-state index < -0.39 is 6.09 Å². The van der Waals surface area contributed by atoms with Crippen molar-refractivity contribution < 1.29 is 9.53 Å². The zero-order valence-electron chi connectivity index (χ0n) is 12.6. The van der Waals surface area contributed by atoms with Gasteiger partial charge in [-0.3, -0.25) is 5.32 Å². The van der Waals surface area contributed by atoms with Crippen molar-refractivity contribution in [1.29, 1.82) is 0 Å². The molecule has 114 valence electrons. The van der Waals surface area contributed by atoms with Crippen LogP contribution < -0.4 is 10.1 Å². The van der Waals surface area contributed by atoms with Gasteiger partial charge in [-0.2, -0.15) is 10.2 Å². The molecular formula is C18H15N3O2. The molecule has 0 aliphatic heterocycles. The van der Waals surface area contributed by atoms with E-state index in [0.29, 0.717) is 11.4 Å². The number of nitrogens with zero attached hydrogens (tertiary/aromatic N) is 2. The van der Waals surface area contributed by atoms with Crippen LogP contribution in [0.3, 0.4) is 0 Å². The Bertz CT molecular complexity index is 802. The molecule has 0 saturated heterocycles. The summed E-state index contributed by atoms with van der Waals surface area (Å²) in [5.41, 5.74) is 3.10. The summed E-state index contributed by atoms with van der Waals surface area (Å²) in [5.74, 6) is 0.491. The van der Waals surface area contributed by atoms with E-state index in [1.165, 1.54) is 0 Å². The molecule has 2 aromatic carbocycles. The summed E-state index contributed by atoms with van der Waals surface area (Å²) in [7, 11) is 0. The fourth-order valence-corrected chi connectivity index (χ4v) is 2.05. The number of ether oxygens (including phenoxy) is 1. The van der Waals surface area contributed by atoms with Crippen LogP contribution in [0.5, 0.6) is 5.75 Å². The lowest BCUT2D eigenvalue weighted by molar-refractivity contribution is 0.215. The Kier molecular flexibility index (Phi) is 4.29. The number of aryl methyl sites for hydroxylation is 1. The van der Waals surface area contributed by atoms with Gasteiger partial charge in [0.05, 0.1) is 11.4 Å². The molecule has 3 aromatic rings. The summed E-state index contributed by atoms with van der Waals surface area (Å²) in [6.45, 7) is 1.88. The number of nitrogens with one attached hydrogen (secondary N) is 1. The van der Waals surface area contributed by atoms with Crippen LogP contribution in [-0.4, -0.2) is 16.3 Å². The highest BCUT2D eigenvalue weighted by Gasteiger charge is 2.06. The average molecular weight is 305 g/mol. The monoisotopic (exact) mass is 305 g/mol. The standard InChI is InChI=1S/C18H15N3O2/c1-13-10-11-17(21-20-13)14-6-5-7-15(12-14)19-18(22)23-16-8-3-2-4-9-16/h2-12H,1H3,(H,19,22). The molecular weight excluding hydrogens is 290 g/mol. The highest BCUT2D eigenvalue weighted by molar-refractivity contribution is 5.87. The molecule has 0 saturated carbocycles. The second-order valence-electron chi connectivity index (χ2n) is 4.97. The van der Waals surface area contributed by atoms with Crippen LogP contribution in [0.15, 0.2) is 66.7 Å². The molecule has 0 aliphatic carbocycles. The Hall–Kier alpha value is -3.21. The van der Waals surface area contributed by atoms with Crippen molar-refractivity contribution in [2.24, 2.45) is 0 Å². The second-order valence-corrected chi connectivity index (χ2v) is 4.97. The molecule has 0 radical (unpaired) electrons. The summed E-state index contributed by atoms with van der Waals surface area (Å²) in [6, 6.07) is 20.1. The molecule has 3 rings (SSSR count). The minimum Gasteiger partial charge on any atom is -0.410 e. The zero-order chi connectivity index (χ0) is 16.1. The Balaban J connectivity index is 1.72. The summed E-state index contributed by atoms with van der Waals surface area (Å²) < 4.78 is 5.20. The molecule has 1 aromatic heterocycles. The zero-order valence-corrected chi connectivity index (χ0v) is 12.6. The smallest absolute Gasteiger partial charge is 0.410 e. The van der Waals surface area contributed by atoms with Crippen molar-refractivity contribution in [2.45, 2.75) is 6.92 Å². The lowest BCUT2D eigenvalue weighted by atomic mass is 10.1. The predicted octanol–water partition coefficient (Wildman–Crippen LogP) is 4.06. The number of aromatic nitrogens is 2. The molecule has 0 unspecified atom stereocenters. The number of benzene rings is 2. The minimum absolute atomic E-state index is 0.491. The van der Waals surface area contributed by atoms with Crippen molar-refractivity contribution in [2.75, 3.05) is 5.32 Å². The van der Waals surface area contributed by atoms with Crippen molar-refractivity contribution in [3.8, 4) is 17.0 Å². The lowest BCUT2D eigenvalue weighted by Gasteiger charge is -2.08. The van der Waals surface area contributed by atoms with Gasteiger partial charge in [0.15, 0.2) is 0 Å². The molecule has 0 aliphatic rings. The molecule has 5 nitrogen and oxygen atoms in total. The van der Waals surface area contributed by atoms with Gasteiger partial charge in [0.1, 0.15) is 5.75 Å². The Labute approximate surface area is 134 Å². The van der Waals surface area contributed by atoms with Gasteiger partial charge >= 0.3 is 6.09 Å². The van der Waals surface area contributed by atoms with Crippen LogP contribution in [0, 0.1) is 6.92 Å². The molecule has 1 N–H and O–H groups in total. The van der Waals surface area contributed by atoms with Crippen molar-refractivity contribution in [1.82, 2.24) is 10.2 Å². The quantitative estimate of drug-likeness (QED) is 0.792. The summed E-state index contributed by atoms with van der Waals surface area (Å²) >= 11 is 0. The van der Waals surface area contributed by atoms with E-state index in [4.69, 9.17) is 4.74 Å². The first-order valence-electron chi connectivity index (χ1n) is 7.15. The van der Waals surface area contributed by atoms with Gasteiger partial charge in [-0.15, -0.1) is 0 Å². The van der Waals surface area contributed by atoms with Gasteiger partial charge in [0.25, 0.3) is 0 Å². The fourth-order valence-electron chi connectivity index (χ4n) is 2.05. The Morgan fingerprint density at radius 1 is 0.957 bits per heavy atom. The molecule has 1 amide bonds. The summed E-state index contributed by atoms with van der Waals surface area (Å²) in [6.07, 6.45) is -0.539. The van der Waals surface area contributed by atoms with Crippen molar-refractivity contribution in [3.63, 3.8) is 0 Å². The fraction of sp³-hybridized carbons (Fsp3) is 0.0556. The van der Waals surface area contributed by atoms with Crippen LogP contribution in [-0.2, 0) is 0 Å².